The van der Waals surface area contributed by atoms with E-state index >= 15 is 0 Å². The summed E-state index contributed by atoms with van der Waals surface area (Å²) in [5, 5.41) is 3.75. The molecular formula is C21H26N4O6S. The van der Waals surface area contributed by atoms with Gasteiger partial charge in [-0.3, -0.25) is 0 Å². The van der Waals surface area contributed by atoms with Gasteiger partial charge < -0.3 is 24.3 Å². The molecule has 0 aliphatic carbocycles. The van der Waals surface area contributed by atoms with E-state index in [1.54, 1.807) is 44.6 Å². The van der Waals surface area contributed by atoms with E-state index in [-0.39, 0.29) is 4.90 Å². The molecule has 0 bridgehead atoms. The zero-order valence-electron chi connectivity index (χ0n) is 18.1. The van der Waals surface area contributed by atoms with Crippen molar-refractivity contribution in [1.82, 2.24) is 14.7 Å². The monoisotopic (exact) mass is 462 g/mol. The first-order chi connectivity index (χ1) is 15.5. The van der Waals surface area contributed by atoms with Crippen LogP contribution in [-0.2, 0) is 19.5 Å². The number of fused-ring (bicyclic) bond motifs is 1. The van der Waals surface area contributed by atoms with Crippen LogP contribution in [0.25, 0.3) is 10.9 Å². The number of methoxy groups -OCH3 is 2. The summed E-state index contributed by atoms with van der Waals surface area (Å²) in [6.45, 7) is 1.49. The Morgan fingerprint density at radius 1 is 0.906 bits per heavy atom. The molecule has 11 heteroatoms. The predicted molar refractivity (Wildman–Crippen MR) is 120 cm³/mol. The molecular weight excluding hydrogens is 436 g/mol. The molecule has 0 saturated heterocycles. The molecule has 0 fully saturated rings. The van der Waals surface area contributed by atoms with Gasteiger partial charge in [-0.25, -0.2) is 23.1 Å². The maximum atomic E-state index is 12.4. The minimum absolute atomic E-state index is 0.102. The minimum Gasteiger partial charge on any atom is -0.487 e. The van der Waals surface area contributed by atoms with E-state index < -0.39 is 10.0 Å². The third-order valence-corrected chi connectivity index (χ3v) is 5.96. The summed E-state index contributed by atoms with van der Waals surface area (Å²) in [6, 6.07) is 10.1. The fraction of sp³-hybridized carbons (Fsp3) is 0.333. The average Bonchev–Trinajstić information content (AvgIpc) is 2.80. The van der Waals surface area contributed by atoms with Gasteiger partial charge in [0.25, 0.3) is 0 Å². The predicted octanol–water partition coefficient (Wildman–Crippen LogP) is 2.33. The number of rotatable bonds is 12. The Morgan fingerprint density at radius 2 is 1.56 bits per heavy atom. The first-order valence-electron chi connectivity index (χ1n) is 9.82. The third kappa shape index (κ3) is 5.62. The van der Waals surface area contributed by atoms with Gasteiger partial charge in [0.15, 0.2) is 11.5 Å². The van der Waals surface area contributed by atoms with Crippen molar-refractivity contribution in [2.75, 3.05) is 53.0 Å². The van der Waals surface area contributed by atoms with Crippen LogP contribution < -0.4 is 19.5 Å². The average molecular weight is 463 g/mol. The number of nitrogens with one attached hydrogen (secondary N) is 2. The van der Waals surface area contributed by atoms with Gasteiger partial charge in [-0.2, -0.15) is 0 Å². The molecule has 172 valence electrons. The van der Waals surface area contributed by atoms with Crippen LogP contribution in [0.2, 0.25) is 0 Å². The van der Waals surface area contributed by atoms with Gasteiger partial charge in [0, 0.05) is 25.7 Å². The van der Waals surface area contributed by atoms with Crippen LogP contribution in [0.5, 0.6) is 11.5 Å². The van der Waals surface area contributed by atoms with Crippen LogP contribution in [0.3, 0.4) is 0 Å². The Bertz CT molecular complexity index is 1160. The zero-order chi connectivity index (χ0) is 23.0. The van der Waals surface area contributed by atoms with Crippen molar-refractivity contribution in [1.29, 1.82) is 0 Å². The molecule has 0 atom stereocenters. The van der Waals surface area contributed by atoms with Crippen LogP contribution >= 0.6 is 0 Å². The molecule has 10 nitrogen and oxygen atoms in total. The molecule has 1 heterocycles. The molecule has 1 aromatic heterocycles. The second-order valence-electron chi connectivity index (χ2n) is 6.55. The van der Waals surface area contributed by atoms with Crippen molar-refractivity contribution in [2.24, 2.45) is 0 Å². The van der Waals surface area contributed by atoms with Gasteiger partial charge in [-0.05, 0) is 25.2 Å². The maximum Gasteiger partial charge on any atom is 0.242 e. The lowest BCUT2D eigenvalue weighted by Crippen LogP contribution is -2.19. The number of sulfonamides is 1. The number of benzene rings is 2. The number of hydrogen-bond acceptors (Lipinski definition) is 9. The van der Waals surface area contributed by atoms with Crippen molar-refractivity contribution >= 4 is 32.4 Å². The highest BCUT2D eigenvalue weighted by atomic mass is 32.2. The Hall–Kier alpha value is -2.99. The van der Waals surface area contributed by atoms with Crippen molar-refractivity contribution < 1.29 is 27.4 Å². The van der Waals surface area contributed by atoms with Crippen LogP contribution in [0.4, 0.5) is 11.5 Å². The summed E-state index contributed by atoms with van der Waals surface area (Å²) < 4.78 is 48.9. The van der Waals surface area contributed by atoms with Gasteiger partial charge >= 0.3 is 0 Å². The van der Waals surface area contributed by atoms with Crippen molar-refractivity contribution in [3.05, 3.63) is 42.7 Å². The Morgan fingerprint density at radius 3 is 2.22 bits per heavy atom. The SMILES string of the molecule is CNS(=O)(=O)c1ccccc1Nc1ncnc2cc(OCCOC)c(OCCOC)cc12. The van der Waals surface area contributed by atoms with Gasteiger partial charge in [-0.1, -0.05) is 12.1 Å². The van der Waals surface area contributed by atoms with Crippen LogP contribution in [0.15, 0.2) is 47.6 Å². The number of ether oxygens (including phenoxy) is 4. The van der Waals surface area contributed by atoms with Gasteiger partial charge in [0.05, 0.1) is 24.4 Å². The Balaban J connectivity index is 2.03. The molecule has 0 amide bonds. The lowest BCUT2D eigenvalue weighted by molar-refractivity contribution is 0.132. The fourth-order valence-electron chi connectivity index (χ4n) is 2.90. The standard InChI is InChI=1S/C21H26N4O6S/c1-22-32(26,27)20-7-5-4-6-16(20)25-21-15-12-18(30-10-8-28-2)19(31-11-9-29-3)13-17(15)23-14-24-21/h4-7,12-14,22H,8-11H2,1-3H3,(H,23,24,25). The molecule has 0 saturated carbocycles. The molecule has 0 spiro atoms. The lowest BCUT2D eigenvalue weighted by atomic mass is 10.2. The molecule has 32 heavy (non-hydrogen) atoms. The molecule has 3 aromatic rings. The van der Waals surface area contributed by atoms with Crippen molar-refractivity contribution in [3.8, 4) is 11.5 Å². The highest BCUT2D eigenvalue weighted by Gasteiger charge is 2.18. The molecule has 0 unspecified atom stereocenters. The third-order valence-electron chi connectivity index (χ3n) is 4.49. The second-order valence-corrected chi connectivity index (χ2v) is 8.40. The molecule has 2 aromatic carbocycles. The summed E-state index contributed by atoms with van der Waals surface area (Å²) in [7, 11) is 0.875. The number of para-hydroxylation sites is 1. The number of aromatic nitrogens is 2. The van der Waals surface area contributed by atoms with Gasteiger partial charge in [0.1, 0.15) is 30.3 Å². The highest BCUT2D eigenvalue weighted by molar-refractivity contribution is 7.89. The van der Waals surface area contributed by atoms with E-state index in [4.69, 9.17) is 18.9 Å². The van der Waals surface area contributed by atoms with Crippen LogP contribution in [0.1, 0.15) is 0 Å². The van der Waals surface area contributed by atoms with E-state index in [2.05, 4.69) is 20.0 Å². The highest BCUT2D eigenvalue weighted by Crippen LogP contribution is 2.35. The molecule has 0 radical (unpaired) electrons. The number of anilines is 2. The molecule has 0 aliphatic heterocycles. The summed E-state index contributed by atoms with van der Waals surface area (Å²) in [5.41, 5.74) is 0.979. The van der Waals surface area contributed by atoms with Crippen molar-refractivity contribution in [2.45, 2.75) is 4.90 Å². The van der Waals surface area contributed by atoms with Crippen molar-refractivity contribution in [3.63, 3.8) is 0 Å². The Kier molecular flexibility index (Phi) is 8.17. The van der Waals surface area contributed by atoms with E-state index in [0.29, 0.717) is 60.3 Å². The largest absolute Gasteiger partial charge is 0.487 e. The number of nitrogens with zero attached hydrogens (tertiary/aromatic N) is 2. The molecule has 2 N–H and O–H groups in total. The molecule has 0 aliphatic rings. The fourth-order valence-corrected chi connectivity index (χ4v) is 3.79. The normalized spacial score (nSPS) is 11.5. The van der Waals surface area contributed by atoms with Crippen LogP contribution in [0, 0.1) is 0 Å². The van der Waals surface area contributed by atoms with E-state index in [1.165, 1.54) is 19.4 Å². The zero-order valence-corrected chi connectivity index (χ0v) is 18.9. The van der Waals surface area contributed by atoms with E-state index in [9.17, 15) is 8.42 Å². The van der Waals surface area contributed by atoms with E-state index in [0.717, 1.165) is 0 Å². The smallest absolute Gasteiger partial charge is 0.242 e. The topological polar surface area (TPSA) is 121 Å². The first kappa shape index (κ1) is 23.7. The summed E-state index contributed by atoms with van der Waals surface area (Å²) in [5.74, 6) is 1.42. The number of hydrogen-bond donors (Lipinski definition) is 2. The molecule has 3 rings (SSSR count). The lowest BCUT2D eigenvalue weighted by Gasteiger charge is -2.16. The van der Waals surface area contributed by atoms with E-state index in [1.807, 2.05) is 0 Å². The minimum atomic E-state index is -3.67. The van der Waals surface area contributed by atoms with Crippen LogP contribution in [-0.4, -0.2) is 66.1 Å². The van der Waals surface area contributed by atoms with Gasteiger partial charge in [0.2, 0.25) is 10.0 Å². The quantitative estimate of drug-likeness (QED) is 0.391. The second kappa shape index (κ2) is 11.0. The maximum absolute atomic E-state index is 12.4. The van der Waals surface area contributed by atoms with Gasteiger partial charge in [-0.15, -0.1) is 0 Å². The summed E-state index contributed by atoms with van der Waals surface area (Å²) in [6.07, 6.45) is 1.39. The Labute approximate surface area is 186 Å². The summed E-state index contributed by atoms with van der Waals surface area (Å²) in [4.78, 5) is 8.74. The first-order valence-corrected chi connectivity index (χ1v) is 11.3. The summed E-state index contributed by atoms with van der Waals surface area (Å²) >= 11 is 0.